The number of ether oxygens (including phenoxy) is 1. The van der Waals surface area contributed by atoms with Crippen molar-refractivity contribution in [3.8, 4) is 11.4 Å². The molecule has 35 heavy (non-hydrogen) atoms. The zero-order valence-electron chi connectivity index (χ0n) is 18.6. The average molecular weight is 497 g/mol. The normalized spacial score (nSPS) is 13.7. The summed E-state index contributed by atoms with van der Waals surface area (Å²) in [6, 6.07) is 11.8. The van der Waals surface area contributed by atoms with Gasteiger partial charge in [-0.05, 0) is 30.3 Å². The molecule has 11 nitrogen and oxygen atoms in total. The molecule has 0 atom stereocenters. The van der Waals surface area contributed by atoms with E-state index in [0.29, 0.717) is 59.5 Å². The molecular formula is C23H21ClN6O5. The predicted octanol–water partition coefficient (Wildman–Crippen LogP) is 3.29. The molecule has 4 aromatic rings. The van der Waals surface area contributed by atoms with Crippen molar-refractivity contribution >= 4 is 45.8 Å². The SMILES string of the molecule is Cn1c(C(=O)Nc2ccc(Cl)cc2-c2noc(=O)[nH]2)cc2cccc(NC(=O)N3CCOCC3)c21. The number of hydrogen-bond acceptors (Lipinski definition) is 6. The van der Waals surface area contributed by atoms with Gasteiger partial charge in [0.1, 0.15) is 5.69 Å². The van der Waals surface area contributed by atoms with Crippen molar-refractivity contribution in [1.29, 1.82) is 0 Å². The average Bonchev–Trinajstić information content (AvgIpc) is 3.44. The Morgan fingerprint density at radius 2 is 1.89 bits per heavy atom. The van der Waals surface area contributed by atoms with Crippen LogP contribution in [0.2, 0.25) is 5.02 Å². The minimum absolute atomic E-state index is 0.137. The van der Waals surface area contributed by atoms with Crippen molar-refractivity contribution in [3.05, 3.63) is 63.7 Å². The van der Waals surface area contributed by atoms with Gasteiger partial charge in [-0.15, -0.1) is 0 Å². The second-order valence-electron chi connectivity index (χ2n) is 7.95. The minimum atomic E-state index is -0.724. The number of anilines is 2. The fourth-order valence-corrected chi connectivity index (χ4v) is 4.22. The number of urea groups is 1. The van der Waals surface area contributed by atoms with Crippen LogP contribution in [0.5, 0.6) is 0 Å². The number of aryl methyl sites for hydroxylation is 1. The van der Waals surface area contributed by atoms with Gasteiger partial charge in [0.05, 0.1) is 30.1 Å². The molecule has 12 heteroatoms. The minimum Gasteiger partial charge on any atom is -0.378 e. The van der Waals surface area contributed by atoms with Crippen LogP contribution in [0.4, 0.5) is 16.2 Å². The third-order valence-corrected chi connectivity index (χ3v) is 5.99. The number of carbonyl (C=O) groups excluding carboxylic acids is 2. The van der Waals surface area contributed by atoms with Crippen LogP contribution in [0.1, 0.15) is 10.5 Å². The molecule has 3 amide bonds. The maximum absolute atomic E-state index is 13.3. The van der Waals surface area contributed by atoms with Crippen molar-refractivity contribution in [3.63, 3.8) is 0 Å². The largest absolute Gasteiger partial charge is 0.439 e. The van der Waals surface area contributed by atoms with Crippen molar-refractivity contribution in [1.82, 2.24) is 19.6 Å². The van der Waals surface area contributed by atoms with Gasteiger partial charge in [-0.3, -0.25) is 14.3 Å². The van der Waals surface area contributed by atoms with E-state index in [1.807, 2.05) is 12.1 Å². The smallest absolute Gasteiger partial charge is 0.378 e. The van der Waals surface area contributed by atoms with E-state index in [0.717, 1.165) is 5.39 Å². The lowest BCUT2D eigenvalue weighted by atomic mass is 10.1. The molecule has 3 heterocycles. The molecular weight excluding hydrogens is 476 g/mol. The molecule has 5 rings (SSSR count). The third-order valence-electron chi connectivity index (χ3n) is 5.75. The highest BCUT2D eigenvalue weighted by Crippen LogP contribution is 2.30. The van der Waals surface area contributed by atoms with E-state index >= 15 is 0 Å². The number of rotatable bonds is 4. The van der Waals surface area contributed by atoms with Crippen LogP contribution in [0.15, 0.2) is 51.8 Å². The first-order valence-corrected chi connectivity index (χ1v) is 11.2. The molecule has 0 unspecified atom stereocenters. The zero-order chi connectivity index (χ0) is 24.5. The predicted molar refractivity (Wildman–Crippen MR) is 130 cm³/mol. The number of halogens is 1. The molecule has 1 fully saturated rings. The number of fused-ring (bicyclic) bond motifs is 1. The Labute approximate surface area is 203 Å². The number of para-hydroxylation sites is 1. The number of hydrogen-bond donors (Lipinski definition) is 3. The number of nitrogens with zero attached hydrogens (tertiary/aromatic N) is 3. The molecule has 1 aliphatic heterocycles. The van der Waals surface area contributed by atoms with E-state index in [2.05, 4.69) is 25.3 Å². The topological polar surface area (TPSA) is 134 Å². The lowest BCUT2D eigenvalue weighted by Gasteiger charge is -2.27. The lowest BCUT2D eigenvalue weighted by molar-refractivity contribution is 0.0565. The molecule has 0 saturated carbocycles. The number of aromatic nitrogens is 3. The van der Waals surface area contributed by atoms with Gasteiger partial charge in [-0.25, -0.2) is 9.59 Å². The quantitative estimate of drug-likeness (QED) is 0.397. The van der Waals surface area contributed by atoms with Crippen LogP contribution < -0.4 is 16.4 Å². The molecule has 2 aromatic carbocycles. The molecule has 3 N–H and O–H groups in total. The molecule has 0 radical (unpaired) electrons. The van der Waals surface area contributed by atoms with Crippen LogP contribution >= 0.6 is 11.6 Å². The van der Waals surface area contributed by atoms with Crippen LogP contribution in [-0.2, 0) is 11.8 Å². The molecule has 0 aliphatic carbocycles. The van der Waals surface area contributed by atoms with Crippen molar-refractivity contribution in [2.45, 2.75) is 0 Å². The number of aromatic amines is 1. The van der Waals surface area contributed by atoms with Crippen LogP contribution in [-0.4, -0.2) is 57.8 Å². The molecule has 2 aromatic heterocycles. The van der Waals surface area contributed by atoms with E-state index in [1.165, 1.54) is 0 Å². The number of carbonyl (C=O) groups is 2. The van der Waals surface area contributed by atoms with Gasteiger partial charge in [0.25, 0.3) is 5.91 Å². The van der Waals surface area contributed by atoms with Crippen LogP contribution in [0.3, 0.4) is 0 Å². The number of nitrogens with one attached hydrogen (secondary N) is 3. The summed E-state index contributed by atoms with van der Waals surface area (Å²) >= 11 is 6.11. The monoisotopic (exact) mass is 496 g/mol. The highest BCUT2D eigenvalue weighted by Gasteiger charge is 2.21. The van der Waals surface area contributed by atoms with E-state index in [4.69, 9.17) is 16.3 Å². The summed E-state index contributed by atoms with van der Waals surface area (Å²) in [5, 5.41) is 10.7. The fraction of sp³-hybridized carbons (Fsp3) is 0.217. The summed E-state index contributed by atoms with van der Waals surface area (Å²) in [6.07, 6.45) is 0. The Morgan fingerprint density at radius 1 is 1.09 bits per heavy atom. The Balaban J connectivity index is 1.45. The summed E-state index contributed by atoms with van der Waals surface area (Å²) in [4.78, 5) is 41.6. The van der Waals surface area contributed by atoms with Crippen LogP contribution in [0.25, 0.3) is 22.3 Å². The van der Waals surface area contributed by atoms with Gasteiger partial charge in [0, 0.05) is 36.1 Å². The van der Waals surface area contributed by atoms with E-state index in [9.17, 15) is 14.4 Å². The van der Waals surface area contributed by atoms with Gasteiger partial charge in [0.2, 0.25) is 0 Å². The van der Waals surface area contributed by atoms with Crippen molar-refractivity contribution < 1.29 is 18.8 Å². The maximum Gasteiger partial charge on any atom is 0.439 e. The second-order valence-corrected chi connectivity index (χ2v) is 8.39. The Hall–Kier alpha value is -4.09. The zero-order valence-corrected chi connectivity index (χ0v) is 19.4. The summed E-state index contributed by atoms with van der Waals surface area (Å²) < 4.78 is 11.6. The van der Waals surface area contributed by atoms with Crippen molar-refractivity contribution in [2.75, 3.05) is 36.9 Å². The molecule has 1 aliphatic rings. The molecule has 0 spiro atoms. The third kappa shape index (κ3) is 4.51. The van der Waals surface area contributed by atoms with Gasteiger partial charge in [-0.1, -0.05) is 28.9 Å². The summed E-state index contributed by atoms with van der Waals surface area (Å²) in [5.41, 5.74) is 2.44. The standard InChI is InChI=1S/C23H21ClN6O5/c1-29-18(21(31)25-16-6-5-14(24)12-15(16)20-27-23(33)35-28-20)11-13-3-2-4-17(19(13)29)26-22(32)30-7-9-34-10-8-30/h2-6,11-12H,7-10H2,1H3,(H,25,31)(H,26,32)(H,27,28,33). The number of amides is 3. The Bertz CT molecular complexity index is 1480. The first kappa shape index (κ1) is 22.7. The highest BCUT2D eigenvalue weighted by molar-refractivity contribution is 6.31. The number of morpholine rings is 1. The number of benzene rings is 2. The summed E-state index contributed by atoms with van der Waals surface area (Å²) in [7, 11) is 1.75. The lowest BCUT2D eigenvalue weighted by Crippen LogP contribution is -2.43. The highest BCUT2D eigenvalue weighted by atomic mass is 35.5. The maximum atomic E-state index is 13.3. The Morgan fingerprint density at radius 3 is 2.63 bits per heavy atom. The number of H-pyrrole nitrogens is 1. The summed E-state index contributed by atoms with van der Waals surface area (Å²) in [6.45, 7) is 2.04. The second kappa shape index (κ2) is 9.28. The van der Waals surface area contributed by atoms with Gasteiger partial charge in [0.15, 0.2) is 5.82 Å². The van der Waals surface area contributed by atoms with Gasteiger partial charge < -0.3 is 24.8 Å². The summed E-state index contributed by atoms with van der Waals surface area (Å²) in [5.74, 6) is -0.987. The van der Waals surface area contributed by atoms with E-state index in [1.54, 1.807) is 46.8 Å². The van der Waals surface area contributed by atoms with Crippen molar-refractivity contribution in [2.24, 2.45) is 7.05 Å². The molecule has 0 bridgehead atoms. The fourth-order valence-electron chi connectivity index (χ4n) is 4.05. The van der Waals surface area contributed by atoms with Crippen LogP contribution in [0, 0.1) is 0 Å². The first-order valence-electron chi connectivity index (χ1n) is 10.8. The van der Waals surface area contributed by atoms with Gasteiger partial charge in [-0.2, -0.15) is 0 Å². The van der Waals surface area contributed by atoms with E-state index in [-0.39, 0.29) is 11.9 Å². The first-order chi connectivity index (χ1) is 16.9. The Kier molecular flexibility index (Phi) is 6.01. The molecule has 180 valence electrons. The van der Waals surface area contributed by atoms with Gasteiger partial charge >= 0.3 is 11.8 Å². The van der Waals surface area contributed by atoms with E-state index < -0.39 is 11.7 Å². The molecule has 1 saturated heterocycles.